The van der Waals surface area contributed by atoms with E-state index in [2.05, 4.69) is 12.2 Å². The molecular formula is C14H24NO+. The summed E-state index contributed by atoms with van der Waals surface area (Å²) in [5, 5.41) is 2.41. The minimum Gasteiger partial charge on any atom is -0.494 e. The van der Waals surface area contributed by atoms with E-state index in [0.29, 0.717) is 0 Å². The number of nitrogens with two attached hydrogens (primary N) is 1. The number of benzene rings is 1. The lowest BCUT2D eigenvalue weighted by Crippen LogP contribution is -2.84. The molecule has 0 aliphatic heterocycles. The van der Waals surface area contributed by atoms with Gasteiger partial charge in [-0.15, -0.1) is 0 Å². The van der Waals surface area contributed by atoms with Crippen LogP contribution < -0.4 is 10.1 Å². The van der Waals surface area contributed by atoms with E-state index in [1.54, 1.807) is 0 Å². The average molecular weight is 222 g/mol. The topological polar surface area (TPSA) is 25.8 Å². The lowest BCUT2D eigenvalue weighted by Gasteiger charge is -2.05. The number of rotatable bonds is 9. The highest BCUT2D eigenvalue weighted by molar-refractivity contribution is 5.20. The van der Waals surface area contributed by atoms with Gasteiger partial charge in [-0.3, -0.25) is 0 Å². The smallest absolute Gasteiger partial charge is 0.119 e. The molecule has 0 heterocycles. The van der Waals surface area contributed by atoms with Crippen molar-refractivity contribution in [1.29, 1.82) is 0 Å². The fourth-order valence-corrected chi connectivity index (χ4v) is 1.59. The average Bonchev–Trinajstić information content (AvgIpc) is 2.34. The third-order valence-corrected chi connectivity index (χ3v) is 2.58. The van der Waals surface area contributed by atoms with Gasteiger partial charge in [-0.05, 0) is 31.4 Å². The monoisotopic (exact) mass is 222 g/mol. The van der Waals surface area contributed by atoms with Crippen molar-refractivity contribution in [2.45, 2.75) is 32.6 Å². The van der Waals surface area contributed by atoms with E-state index in [1.165, 1.54) is 32.4 Å². The molecule has 0 radical (unpaired) electrons. The van der Waals surface area contributed by atoms with E-state index in [1.807, 2.05) is 30.3 Å². The van der Waals surface area contributed by atoms with Gasteiger partial charge in [0, 0.05) is 0 Å². The van der Waals surface area contributed by atoms with Gasteiger partial charge in [0.1, 0.15) is 5.75 Å². The van der Waals surface area contributed by atoms with Crippen molar-refractivity contribution in [2.24, 2.45) is 0 Å². The Morgan fingerprint density at radius 1 is 1.00 bits per heavy atom. The van der Waals surface area contributed by atoms with Gasteiger partial charge in [-0.1, -0.05) is 31.5 Å². The zero-order chi connectivity index (χ0) is 11.5. The summed E-state index contributed by atoms with van der Waals surface area (Å²) in [6.07, 6.45) is 5.03. The highest BCUT2D eigenvalue weighted by Gasteiger charge is 1.94. The van der Waals surface area contributed by atoms with Crippen molar-refractivity contribution in [3.63, 3.8) is 0 Å². The summed E-state index contributed by atoms with van der Waals surface area (Å²) in [6.45, 7) is 5.58. The Morgan fingerprint density at radius 2 is 1.75 bits per heavy atom. The lowest BCUT2D eigenvalue weighted by molar-refractivity contribution is -0.655. The summed E-state index contributed by atoms with van der Waals surface area (Å²) < 4.78 is 5.62. The standard InChI is InChI=1S/C14H23NO/c1-2-3-11-15-12-7-8-13-16-14-9-5-4-6-10-14/h4-6,9-10,15H,2-3,7-8,11-13H2,1H3/p+1. The number of quaternary nitrogens is 1. The summed E-state index contributed by atoms with van der Waals surface area (Å²) in [5.41, 5.74) is 0. The van der Waals surface area contributed by atoms with Gasteiger partial charge in [0.05, 0.1) is 19.7 Å². The fraction of sp³-hybridized carbons (Fsp3) is 0.571. The maximum Gasteiger partial charge on any atom is 0.119 e. The van der Waals surface area contributed by atoms with E-state index >= 15 is 0 Å². The molecular weight excluding hydrogens is 198 g/mol. The predicted octanol–water partition coefficient (Wildman–Crippen LogP) is 2.21. The number of para-hydroxylation sites is 1. The van der Waals surface area contributed by atoms with Crippen molar-refractivity contribution >= 4 is 0 Å². The maximum atomic E-state index is 5.62. The summed E-state index contributed by atoms with van der Waals surface area (Å²) in [6, 6.07) is 10.0. The number of ether oxygens (including phenoxy) is 1. The summed E-state index contributed by atoms with van der Waals surface area (Å²) >= 11 is 0. The van der Waals surface area contributed by atoms with Crippen molar-refractivity contribution < 1.29 is 10.1 Å². The molecule has 2 nitrogen and oxygen atoms in total. The normalized spacial score (nSPS) is 10.3. The molecule has 16 heavy (non-hydrogen) atoms. The predicted molar refractivity (Wildman–Crippen MR) is 67.7 cm³/mol. The first-order chi connectivity index (χ1) is 7.93. The SMILES string of the molecule is CCCC[NH2+]CCCCOc1ccccc1. The van der Waals surface area contributed by atoms with E-state index < -0.39 is 0 Å². The van der Waals surface area contributed by atoms with Gasteiger partial charge in [0.25, 0.3) is 0 Å². The molecule has 0 atom stereocenters. The van der Waals surface area contributed by atoms with Crippen LogP contribution in [0.2, 0.25) is 0 Å². The third-order valence-electron chi connectivity index (χ3n) is 2.58. The van der Waals surface area contributed by atoms with Gasteiger partial charge >= 0.3 is 0 Å². The van der Waals surface area contributed by atoms with Crippen LogP contribution in [-0.4, -0.2) is 19.7 Å². The van der Waals surface area contributed by atoms with E-state index in [9.17, 15) is 0 Å². The van der Waals surface area contributed by atoms with Crippen molar-refractivity contribution in [1.82, 2.24) is 0 Å². The van der Waals surface area contributed by atoms with E-state index in [-0.39, 0.29) is 0 Å². The molecule has 0 aromatic heterocycles. The highest BCUT2D eigenvalue weighted by atomic mass is 16.5. The van der Waals surface area contributed by atoms with Gasteiger partial charge in [0.15, 0.2) is 0 Å². The zero-order valence-electron chi connectivity index (χ0n) is 10.3. The summed E-state index contributed by atoms with van der Waals surface area (Å²) in [7, 11) is 0. The quantitative estimate of drug-likeness (QED) is 0.637. The summed E-state index contributed by atoms with van der Waals surface area (Å²) in [4.78, 5) is 0. The largest absolute Gasteiger partial charge is 0.494 e. The highest BCUT2D eigenvalue weighted by Crippen LogP contribution is 2.08. The van der Waals surface area contributed by atoms with Crippen LogP contribution in [0.5, 0.6) is 5.75 Å². The molecule has 90 valence electrons. The molecule has 0 fully saturated rings. The zero-order valence-corrected chi connectivity index (χ0v) is 10.3. The molecule has 0 saturated heterocycles. The molecule has 0 bridgehead atoms. The molecule has 1 aromatic rings. The molecule has 1 aromatic carbocycles. The first kappa shape index (κ1) is 13.0. The fourth-order valence-electron chi connectivity index (χ4n) is 1.59. The van der Waals surface area contributed by atoms with Gasteiger partial charge in [-0.2, -0.15) is 0 Å². The van der Waals surface area contributed by atoms with Crippen molar-refractivity contribution in [2.75, 3.05) is 19.7 Å². The van der Waals surface area contributed by atoms with E-state index in [0.717, 1.165) is 18.8 Å². The Morgan fingerprint density at radius 3 is 2.50 bits per heavy atom. The van der Waals surface area contributed by atoms with E-state index in [4.69, 9.17) is 4.74 Å². The molecule has 0 spiro atoms. The maximum absolute atomic E-state index is 5.62. The second-order valence-electron chi connectivity index (χ2n) is 4.09. The van der Waals surface area contributed by atoms with Crippen LogP contribution in [0.25, 0.3) is 0 Å². The number of unbranched alkanes of at least 4 members (excludes halogenated alkanes) is 2. The van der Waals surface area contributed by atoms with Crippen LogP contribution in [0.1, 0.15) is 32.6 Å². The number of hydrogen-bond acceptors (Lipinski definition) is 1. The van der Waals surface area contributed by atoms with Crippen LogP contribution in [-0.2, 0) is 0 Å². The first-order valence-corrected chi connectivity index (χ1v) is 6.43. The second-order valence-corrected chi connectivity index (χ2v) is 4.09. The van der Waals surface area contributed by atoms with Crippen LogP contribution in [0.15, 0.2) is 30.3 Å². The molecule has 0 aliphatic rings. The molecule has 0 aliphatic carbocycles. The van der Waals surface area contributed by atoms with Gasteiger partial charge < -0.3 is 10.1 Å². The van der Waals surface area contributed by atoms with Crippen LogP contribution in [0.4, 0.5) is 0 Å². The van der Waals surface area contributed by atoms with Gasteiger partial charge in [-0.25, -0.2) is 0 Å². The summed E-state index contributed by atoms with van der Waals surface area (Å²) in [5.74, 6) is 0.984. The lowest BCUT2D eigenvalue weighted by atomic mass is 10.3. The van der Waals surface area contributed by atoms with Crippen LogP contribution in [0.3, 0.4) is 0 Å². The third kappa shape index (κ3) is 6.46. The minimum absolute atomic E-state index is 0.839. The van der Waals surface area contributed by atoms with Crippen molar-refractivity contribution in [3.05, 3.63) is 30.3 Å². The molecule has 1 rings (SSSR count). The Labute approximate surface area is 99.0 Å². The molecule has 0 saturated carbocycles. The van der Waals surface area contributed by atoms with Crippen molar-refractivity contribution in [3.8, 4) is 5.75 Å². The Hall–Kier alpha value is -1.02. The Balaban J connectivity index is 1.89. The molecule has 2 N–H and O–H groups in total. The van der Waals surface area contributed by atoms with Crippen LogP contribution >= 0.6 is 0 Å². The number of hydrogen-bond donors (Lipinski definition) is 1. The Kier molecular flexibility index (Phi) is 7.52. The molecule has 0 amide bonds. The Bertz CT molecular complexity index is 248. The van der Waals surface area contributed by atoms with Gasteiger partial charge in [0.2, 0.25) is 0 Å². The molecule has 0 unspecified atom stereocenters. The minimum atomic E-state index is 0.839. The van der Waals surface area contributed by atoms with Crippen LogP contribution in [0, 0.1) is 0 Å². The molecule has 2 heteroatoms. The first-order valence-electron chi connectivity index (χ1n) is 6.43. The second kappa shape index (κ2) is 9.22.